The monoisotopic (exact) mass is 244 g/mol. The molecule has 1 aliphatic rings. The zero-order chi connectivity index (χ0) is 13.0. The van der Waals surface area contributed by atoms with Crippen molar-refractivity contribution in [2.75, 3.05) is 0 Å². The summed E-state index contributed by atoms with van der Waals surface area (Å²) in [4.78, 5) is 10.6. The van der Waals surface area contributed by atoms with Crippen LogP contribution in [-0.4, -0.2) is 11.1 Å². The molecule has 0 atom stereocenters. The molecular formula is C16H20O2. The van der Waals surface area contributed by atoms with Gasteiger partial charge in [-0.2, -0.15) is 0 Å². The van der Waals surface area contributed by atoms with Crippen LogP contribution in [0.3, 0.4) is 0 Å². The van der Waals surface area contributed by atoms with Gasteiger partial charge in [-0.25, -0.2) is 4.79 Å². The third-order valence-corrected chi connectivity index (χ3v) is 3.81. The van der Waals surface area contributed by atoms with Gasteiger partial charge in [-0.1, -0.05) is 36.8 Å². The van der Waals surface area contributed by atoms with Gasteiger partial charge in [0.25, 0.3) is 0 Å². The molecule has 1 fully saturated rings. The van der Waals surface area contributed by atoms with Gasteiger partial charge in [0.2, 0.25) is 0 Å². The molecule has 0 bridgehead atoms. The number of allylic oxidation sites excluding steroid dienone is 1. The van der Waals surface area contributed by atoms with Crippen LogP contribution in [0, 0.1) is 0 Å². The smallest absolute Gasteiger partial charge is 0.328 e. The number of benzene rings is 1. The minimum absolute atomic E-state index is 0.599. The van der Waals surface area contributed by atoms with Gasteiger partial charge in [0, 0.05) is 6.08 Å². The third kappa shape index (κ3) is 3.22. The molecule has 0 aromatic heterocycles. The van der Waals surface area contributed by atoms with Crippen LogP contribution in [0.25, 0.3) is 0 Å². The van der Waals surface area contributed by atoms with E-state index in [-0.39, 0.29) is 0 Å². The summed E-state index contributed by atoms with van der Waals surface area (Å²) >= 11 is 0. The zero-order valence-corrected chi connectivity index (χ0v) is 10.9. The van der Waals surface area contributed by atoms with E-state index in [1.54, 1.807) is 0 Å². The van der Waals surface area contributed by atoms with Crippen molar-refractivity contribution in [1.82, 2.24) is 0 Å². The second-order valence-electron chi connectivity index (χ2n) is 5.01. The fourth-order valence-electron chi connectivity index (χ4n) is 2.67. The van der Waals surface area contributed by atoms with Gasteiger partial charge in [0.15, 0.2) is 0 Å². The zero-order valence-electron chi connectivity index (χ0n) is 10.9. The number of carbonyl (C=O) groups is 1. The molecule has 0 aliphatic heterocycles. The van der Waals surface area contributed by atoms with Crippen LogP contribution in [0.4, 0.5) is 0 Å². The number of carboxylic acid groups (broad SMARTS) is 1. The quantitative estimate of drug-likeness (QED) is 0.818. The summed E-state index contributed by atoms with van der Waals surface area (Å²) in [5.41, 5.74) is 3.87. The molecule has 2 rings (SSSR count). The van der Waals surface area contributed by atoms with E-state index >= 15 is 0 Å². The van der Waals surface area contributed by atoms with Crippen molar-refractivity contribution in [3.63, 3.8) is 0 Å². The fraction of sp³-hybridized carbons (Fsp3) is 0.438. The molecule has 1 aromatic carbocycles. The lowest BCUT2D eigenvalue weighted by molar-refractivity contribution is -0.131. The van der Waals surface area contributed by atoms with E-state index in [4.69, 9.17) is 5.11 Å². The van der Waals surface area contributed by atoms with Gasteiger partial charge in [-0.05, 0) is 49.1 Å². The standard InChI is InChI=1S/C16H20O2/c1-2-12-3-7-14(8-4-12)15-9-5-13(6-10-15)11-16(17)18/h3-4,7-8,11,15H,2,5-6,9-10H2,1H3,(H,17,18). The summed E-state index contributed by atoms with van der Waals surface area (Å²) < 4.78 is 0. The lowest BCUT2D eigenvalue weighted by atomic mass is 9.81. The topological polar surface area (TPSA) is 37.3 Å². The molecule has 18 heavy (non-hydrogen) atoms. The molecule has 0 heterocycles. The highest BCUT2D eigenvalue weighted by molar-refractivity contribution is 5.80. The molecule has 1 N–H and O–H groups in total. The molecule has 1 aromatic rings. The van der Waals surface area contributed by atoms with Crippen molar-refractivity contribution >= 4 is 5.97 Å². The van der Waals surface area contributed by atoms with E-state index < -0.39 is 5.97 Å². The van der Waals surface area contributed by atoms with Crippen molar-refractivity contribution in [2.24, 2.45) is 0 Å². The first kappa shape index (κ1) is 12.9. The summed E-state index contributed by atoms with van der Waals surface area (Å²) in [6.07, 6.45) is 6.46. The van der Waals surface area contributed by atoms with E-state index in [0.717, 1.165) is 37.7 Å². The molecule has 0 saturated heterocycles. The Morgan fingerprint density at radius 3 is 2.39 bits per heavy atom. The maximum atomic E-state index is 10.6. The third-order valence-electron chi connectivity index (χ3n) is 3.81. The van der Waals surface area contributed by atoms with Gasteiger partial charge in [-0.15, -0.1) is 0 Å². The largest absolute Gasteiger partial charge is 0.478 e. The highest BCUT2D eigenvalue weighted by atomic mass is 16.4. The molecule has 0 spiro atoms. The molecule has 2 heteroatoms. The second-order valence-corrected chi connectivity index (χ2v) is 5.01. The summed E-state index contributed by atoms with van der Waals surface area (Å²) in [7, 11) is 0. The Morgan fingerprint density at radius 1 is 1.28 bits per heavy atom. The minimum Gasteiger partial charge on any atom is -0.478 e. The van der Waals surface area contributed by atoms with Gasteiger partial charge < -0.3 is 5.11 Å². The van der Waals surface area contributed by atoms with Gasteiger partial charge in [0.1, 0.15) is 0 Å². The fourth-order valence-corrected chi connectivity index (χ4v) is 2.67. The first-order chi connectivity index (χ1) is 8.69. The normalized spacial score (nSPS) is 19.6. The molecule has 1 saturated carbocycles. The van der Waals surface area contributed by atoms with Gasteiger partial charge >= 0.3 is 5.97 Å². The van der Waals surface area contributed by atoms with Crippen molar-refractivity contribution in [3.05, 3.63) is 47.0 Å². The molecular weight excluding hydrogens is 224 g/mol. The van der Waals surface area contributed by atoms with E-state index in [0.29, 0.717) is 5.92 Å². The SMILES string of the molecule is CCc1ccc(C2CCC(=CC(=O)O)CC2)cc1. The number of rotatable bonds is 3. The van der Waals surface area contributed by atoms with Crippen LogP contribution >= 0.6 is 0 Å². The van der Waals surface area contributed by atoms with Crippen molar-refractivity contribution in [3.8, 4) is 0 Å². The Balaban J connectivity index is 1.98. The van der Waals surface area contributed by atoms with Crippen LogP contribution < -0.4 is 0 Å². The Kier molecular flexibility index (Phi) is 4.19. The minimum atomic E-state index is -0.809. The van der Waals surface area contributed by atoms with E-state index in [1.165, 1.54) is 17.2 Å². The van der Waals surface area contributed by atoms with Crippen molar-refractivity contribution < 1.29 is 9.90 Å². The van der Waals surface area contributed by atoms with Gasteiger partial charge in [-0.3, -0.25) is 0 Å². The lowest BCUT2D eigenvalue weighted by Crippen LogP contribution is -2.07. The highest BCUT2D eigenvalue weighted by Gasteiger charge is 2.18. The average Bonchev–Trinajstić information content (AvgIpc) is 2.39. The molecule has 2 nitrogen and oxygen atoms in total. The van der Waals surface area contributed by atoms with Crippen LogP contribution in [0.2, 0.25) is 0 Å². The Labute approximate surface area is 108 Å². The van der Waals surface area contributed by atoms with E-state index in [2.05, 4.69) is 31.2 Å². The van der Waals surface area contributed by atoms with Crippen LogP contribution in [-0.2, 0) is 11.2 Å². The van der Waals surface area contributed by atoms with Crippen LogP contribution in [0.1, 0.15) is 49.7 Å². The predicted molar refractivity (Wildman–Crippen MR) is 72.7 cm³/mol. The van der Waals surface area contributed by atoms with Crippen LogP contribution in [0.15, 0.2) is 35.9 Å². The molecule has 0 amide bonds. The lowest BCUT2D eigenvalue weighted by Gasteiger charge is -2.24. The highest BCUT2D eigenvalue weighted by Crippen LogP contribution is 2.35. The Morgan fingerprint density at radius 2 is 1.89 bits per heavy atom. The Hall–Kier alpha value is -1.57. The van der Waals surface area contributed by atoms with Crippen molar-refractivity contribution in [2.45, 2.75) is 44.9 Å². The Bertz CT molecular complexity index is 433. The van der Waals surface area contributed by atoms with E-state index in [9.17, 15) is 4.79 Å². The summed E-state index contributed by atoms with van der Waals surface area (Å²) in [5, 5.41) is 8.73. The maximum Gasteiger partial charge on any atom is 0.328 e. The maximum absolute atomic E-state index is 10.6. The van der Waals surface area contributed by atoms with Crippen LogP contribution in [0.5, 0.6) is 0 Å². The average molecular weight is 244 g/mol. The molecule has 1 aliphatic carbocycles. The molecule has 96 valence electrons. The predicted octanol–water partition coefficient (Wildman–Crippen LogP) is 3.92. The molecule has 0 unspecified atom stereocenters. The van der Waals surface area contributed by atoms with Gasteiger partial charge in [0.05, 0.1) is 0 Å². The van der Waals surface area contributed by atoms with Crippen molar-refractivity contribution in [1.29, 1.82) is 0 Å². The first-order valence-electron chi connectivity index (χ1n) is 6.70. The number of hydrogen-bond donors (Lipinski definition) is 1. The number of aryl methyl sites for hydroxylation is 1. The van der Waals surface area contributed by atoms with E-state index in [1.807, 2.05) is 0 Å². The summed E-state index contributed by atoms with van der Waals surface area (Å²) in [6.45, 7) is 2.17. The number of aliphatic carboxylic acids is 1. The second kappa shape index (κ2) is 5.85. The first-order valence-corrected chi connectivity index (χ1v) is 6.70. The molecule has 0 radical (unpaired) electrons. The summed E-state index contributed by atoms with van der Waals surface area (Å²) in [6, 6.07) is 8.88. The number of hydrogen-bond acceptors (Lipinski definition) is 1. The number of carboxylic acids is 1. The summed E-state index contributed by atoms with van der Waals surface area (Å²) in [5.74, 6) is -0.211.